The zero-order valence-corrected chi connectivity index (χ0v) is 36.9. The minimum absolute atomic E-state index is 0.0000243. The maximum absolute atomic E-state index is 2.44. The molecule has 10 rings (SSSR count). The van der Waals surface area contributed by atoms with Crippen LogP contribution in [0.5, 0.6) is 0 Å². The first-order chi connectivity index (χ1) is 30.5. The van der Waals surface area contributed by atoms with Crippen LogP contribution in [0.4, 0.5) is 22.7 Å². The highest BCUT2D eigenvalue weighted by Gasteiger charge is 2.40. The van der Waals surface area contributed by atoms with Crippen molar-refractivity contribution in [3.05, 3.63) is 226 Å². The van der Waals surface area contributed by atoms with Crippen molar-refractivity contribution >= 4 is 59.2 Å². The Hall–Kier alpha value is -6.90. The normalized spacial score (nSPS) is 14.0. The smallest absolute Gasteiger partial charge is 0.0487 e. The van der Waals surface area contributed by atoms with Crippen molar-refractivity contribution in [1.29, 1.82) is 0 Å². The molecule has 308 valence electrons. The topological polar surface area (TPSA) is 6.48 Å². The lowest BCUT2D eigenvalue weighted by Gasteiger charge is -2.30. The monoisotopic (exact) mass is 806 g/mol. The molecule has 2 heterocycles. The maximum Gasteiger partial charge on any atom is 0.0487 e. The molecule has 2 nitrogen and oxygen atoms in total. The molecule has 0 saturated heterocycles. The van der Waals surface area contributed by atoms with Gasteiger partial charge in [0.25, 0.3) is 0 Å². The molecule has 0 aromatic heterocycles. The molecule has 0 fully saturated rings. The highest BCUT2D eigenvalue weighted by molar-refractivity contribution is 5.86. The molecule has 2 aliphatic heterocycles. The van der Waals surface area contributed by atoms with Crippen LogP contribution < -0.4 is 9.80 Å². The quantitative estimate of drug-likeness (QED) is 0.141. The van der Waals surface area contributed by atoms with Crippen LogP contribution in [0.2, 0.25) is 0 Å². The summed E-state index contributed by atoms with van der Waals surface area (Å²) >= 11 is 0. The summed E-state index contributed by atoms with van der Waals surface area (Å²) in [6.45, 7) is 12.6. The van der Waals surface area contributed by atoms with Crippen molar-refractivity contribution in [2.45, 2.75) is 52.9 Å². The van der Waals surface area contributed by atoms with E-state index in [0.29, 0.717) is 0 Å². The van der Waals surface area contributed by atoms with E-state index in [0.717, 1.165) is 25.9 Å². The fraction of sp³-hybridized carbons (Fsp3) is 0.167. The third kappa shape index (κ3) is 8.65. The molecule has 0 spiro atoms. The molecule has 0 atom stereocenters. The van der Waals surface area contributed by atoms with Gasteiger partial charge < -0.3 is 9.80 Å². The number of hydrogen-bond donors (Lipinski definition) is 0. The Morgan fingerprint density at radius 3 is 1.24 bits per heavy atom. The molecule has 7 aromatic carbocycles. The van der Waals surface area contributed by atoms with Crippen molar-refractivity contribution in [2.75, 3.05) is 22.9 Å². The fourth-order valence-electron chi connectivity index (χ4n) is 9.20. The van der Waals surface area contributed by atoms with Gasteiger partial charge in [0, 0.05) is 41.3 Å². The van der Waals surface area contributed by atoms with Crippen LogP contribution in [0, 0.1) is 6.92 Å². The molecule has 7 aromatic rings. The van der Waals surface area contributed by atoms with Gasteiger partial charge in [-0.25, -0.2) is 0 Å². The Morgan fingerprint density at radius 1 is 0.452 bits per heavy atom. The molecule has 0 amide bonds. The van der Waals surface area contributed by atoms with Gasteiger partial charge in [-0.2, -0.15) is 0 Å². The standard InChI is InChI=1S/C51H44N2.C7H8.C2H6/c1-3-51(4-2)47-35-39(19-17-37-21-27-43(28-22-37)52-33-9-13-41-11-5-7-15-49(41)52)25-31-45(47)46-32-26-40(36-48(46)51)20-18-38-23-29-44(30-24-38)53-34-10-14-42-12-6-8-16-50(42)53;1-7-5-3-2-4-6-7;1-2/h5-32,35-36H,3-4,33-34H2,1-2H3;2-6H,1H3;1-2H3/b19-17+,20-18+;;. The van der Waals surface area contributed by atoms with E-state index in [1.165, 1.54) is 83.9 Å². The Labute approximate surface area is 370 Å². The van der Waals surface area contributed by atoms with Gasteiger partial charge in [-0.05, 0) is 112 Å². The average Bonchev–Trinajstić information content (AvgIpc) is 3.62. The highest BCUT2D eigenvalue weighted by atomic mass is 15.1. The molecule has 0 radical (unpaired) electrons. The van der Waals surface area contributed by atoms with Crippen molar-refractivity contribution in [1.82, 2.24) is 0 Å². The van der Waals surface area contributed by atoms with Gasteiger partial charge in [0.1, 0.15) is 0 Å². The Kier molecular flexibility index (Phi) is 13.0. The van der Waals surface area contributed by atoms with Crippen LogP contribution in [0.1, 0.15) is 90.6 Å². The van der Waals surface area contributed by atoms with E-state index in [1.54, 1.807) is 0 Å². The summed E-state index contributed by atoms with van der Waals surface area (Å²) in [6.07, 6.45) is 20.1. The first kappa shape index (κ1) is 41.8. The third-order valence-corrected chi connectivity index (χ3v) is 12.5. The summed E-state index contributed by atoms with van der Waals surface area (Å²) in [5, 5.41) is 0. The predicted octanol–water partition coefficient (Wildman–Crippen LogP) is 16.5. The first-order valence-corrected chi connectivity index (χ1v) is 22.5. The summed E-state index contributed by atoms with van der Waals surface area (Å²) in [6, 6.07) is 59.5. The van der Waals surface area contributed by atoms with E-state index < -0.39 is 0 Å². The zero-order chi connectivity index (χ0) is 42.9. The SMILES string of the molecule is CC.CCC1(CC)c2cc(/C=C/c3ccc(N4CC=Cc5ccccc54)cc3)ccc2-c2ccc(/C=C/c3ccc(N4CC=Cc5ccccc54)cc3)cc21.Cc1ccccc1. The molecule has 1 aliphatic carbocycles. The van der Waals surface area contributed by atoms with Gasteiger partial charge in [-0.1, -0.05) is 209 Å². The minimum Gasteiger partial charge on any atom is -0.337 e. The molecule has 0 unspecified atom stereocenters. The molecule has 62 heavy (non-hydrogen) atoms. The van der Waals surface area contributed by atoms with Gasteiger partial charge in [0.15, 0.2) is 0 Å². The van der Waals surface area contributed by atoms with Crippen LogP contribution in [0.3, 0.4) is 0 Å². The second-order valence-electron chi connectivity index (χ2n) is 16.0. The number of nitrogens with zero attached hydrogens (tertiary/aromatic N) is 2. The zero-order valence-electron chi connectivity index (χ0n) is 36.9. The summed E-state index contributed by atoms with van der Waals surface area (Å²) in [5.41, 5.74) is 19.4. The van der Waals surface area contributed by atoms with Crippen molar-refractivity contribution in [3.8, 4) is 11.1 Å². The van der Waals surface area contributed by atoms with E-state index in [-0.39, 0.29) is 5.41 Å². The van der Waals surface area contributed by atoms with E-state index in [4.69, 9.17) is 0 Å². The van der Waals surface area contributed by atoms with Gasteiger partial charge in [-0.15, -0.1) is 0 Å². The molecular formula is C60H58N2. The van der Waals surface area contributed by atoms with Crippen molar-refractivity contribution < 1.29 is 0 Å². The summed E-state index contributed by atoms with van der Waals surface area (Å²) < 4.78 is 0. The summed E-state index contributed by atoms with van der Waals surface area (Å²) in [5.74, 6) is 0. The lowest BCUT2D eigenvalue weighted by atomic mass is 9.73. The minimum atomic E-state index is 0.0000243. The number of rotatable bonds is 8. The largest absolute Gasteiger partial charge is 0.337 e. The molecular weight excluding hydrogens is 749 g/mol. The van der Waals surface area contributed by atoms with Crippen LogP contribution in [-0.4, -0.2) is 13.1 Å². The van der Waals surface area contributed by atoms with Gasteiger partial charge >= 0.3 is 0 Å². The number of hydrogen-bond acceptors (Lipinski definition) is 2. The van der Waals surface area contributed by atoms with Crippen LogP contribution in [0.15, 0.2) is 176 Å². The Bertz CT molecular complexity index is 2560. The Balaban J connectivity index is 0.000000531. The second-order valence-corrected chi connectivity index (χ2v) is 16.0. The molecule has 0 saturated carbocycles. The van der Waals surface area contributed by atoms with E-state index in [2.05, 4.69) is 225 Å². The number of anilines is 4. The molecule has 0 bridgehead atoms. The second kappa shape index (κ2) is 19.2. The first-order valence-electron chi connectivity index (χ1n) is 22.5. The van der Waals surface area contributed by atoms with Gasteiger partial charge in [0.2, 0.25) is 0 Å². The highest BCUT2D eigenvalue weighted by Crippen LogP contribution is 2.53. The van der Waals surface area contributed by atoms with Crippen LogP contribution in [-0.2, 0) is 5.41 Å². The molecule has 0 N–H and O–H groups in total. The lowest BCUT2D eigenvalue weighted by Crippen LogP contribution is -2.23. The van der Waals surface area contributed by atoms with Gasteiger partial charge in [0.05, 0.1) is 0 Å². The predicted molar refractivity (Wildman–Crippen MR) is 271 cm³/mol. The van der Waals surface area contributed by atoms with Crippen molar-refractivity contribution in [2.24, 2.45) is 0 Å². The Morgan fingerprint density at radius 2 is 0.839 bits per heavy atom. The number of benzene rings is 7. The van der Waals surface area contributed by atoms with Crippen LogP contribution in [0.25, 0.3) is 47.6 Å². The molecule has 3 aliphatic rings. The van der Waals surface area contributed by atoms with E-state index in [9.17, 15) is 0 Å². The van der Waals surface area contributed by atoms with E-state index in [1.807, 2.05) is 32.0 Å². The molecule has 2 heteroatoms. The van der Waals surface area contributed by atoms with Crippen molar-refractivity contribution in [3.63, 3.8) is 0 Å². The summed E-state index contributed by atoms with van der Waals surface area (Å²) in [4.78, 5) is 4.75. The third-order valence-electron chi connectivity index (χ3n) is 12.5. The van der Waals surface area contributed by atoms with Gasteiger partial charge in [-0.3, -0.25) is 0 Å². The maximum atomic E-state index is 2.44. The lowest BCUT2D eigenvalue weighted by molar-refractivity contribution is 0.490. The number of aryl methyl sites for hydroxylation is 1. The average molecular weight is 807 g/mol. The number of fused-ring (bicyclic) bond motifs is 5. The fourth-order valence-corrected chi connectivity index (χ4v) is 9.20. The number of para-hydroxylation sites is 2. The van der Waals surface area contributed by atoms with E-state index >= 15 is 0 Å². The van der Waals surface area contributed by atoms with Crippen LogP contribution >= 0.6 is 0 Å². The summed E-state index contributed by atoms with van der Waals surface area (Å²) in [7, 11) is 0.